The van der Waals surface area contributed by atoms with Crippen LogP contribution in [0.3, 0.4) is 0 Å². The molecule has 0 saturated carbocycles. The maximum absolute atomic E-state index is 12.4. The van der Waals surface area contributed by atoms with Crippen molar-refractivity contribution in [1.82, 2.24) is 4.72 Å². The Morgan fingerprint density at radius 3 is 2.58 bits per heavy atom. The summed E-state index contributed by atoms with van der Waals surface area (Å²) in [4.78, 5) is 12.3. The van der Waals surface area contributed by atoms with Crippen molar-refractivity contribution >= 4 is 15.9 Å². The molecule has 0 radical (unpaired) electrons. The molecule has 2 aromatic rings. The molecule has 1 heterocycles. The lowest BCUT2D eigenvalue weighted by molar-refractivity contribution is 0.0981. The van der Waals surface area contributed by atoms with E-state index in [0.29, 0.717) is 24.5 Å². The van der Waals surface area contributed by atoms with Gasteiger partial charge in [-0.25, -0.2) is 13.1 Å². The standard InChI is InChI=1S/C17H17NO5S/c1-11-7-15(5-6-16(11)22-2)24(20,21)18-17(19)12-3-4-13-9-23-10-14(13)8-12/h3-8H,9-10H2,1-2H3,(H,18,19). The molecule has 6 nitrogen and oxygen atoms in total. The van der Waals surface area contributed by atoms with Gasteiger partial charge >= 0.3 is 0 Å². The van der Waals surface area contributed by atoms with Crippen LogP contribution in [0.15, 0.2) is 41.3 Å². The van der Waals surface area contributed by atoms with Crippen molar-refractivity contribution in [1.29, 1.82) is 0 Å². The molecule has 0 atom stereocenters. The topological polar surface area (TPSA) is 81.7 Å². The fourth-order valence-electron chi connectivity index (χ4n) is 2.57. The van der Waals surface area contributed by atoms with Gasteiger partial charge in [-0.1, -0.05) is 6.07 Å². The highest BCUT2D eigenvalue weighted by atomic mass is 32.2. The number of benzene rings is 2. The van der Waals surface area contributed by atoms with Crippen LogP contribution in [-0.4, -0.2) is 21.4 Å². The number of ether oxygens (including phenoxy) is 2. The first-order valence-electron chi connectivity index (χ1n) is 7.32. The van der Waals surface area contributed by atoms with E-state index in [1.54, 1.807) is 31.2 Å². The molecule has 0 spiro atoms. The Labute approximate surface area is 140 Å². The Balaban J connectivity index is 1.83. The van der Waals surface area contributed by atoms with Gasteiger partial charge in [0.2, 0.25) is 0 Å². The minimum atomic E-state index is -3.96. The van der Waals surface area contributed by atoms with Gasteiger partial charge < -0.3 is 9.47 Å². The van der Waals surface area contributed by atoms with Gasteiger partial charge in [-0.05, 0) is 53.9 Å². The van der Waals surface area contributed by atoms with Crippen LogP contribution >= 0.6 is 0 Å². The lowest BCUT2D eigenvalue weighted by atomic mass is 10.1. The quantitative estimate of drug-likeness (QED) is 0.916. The molecule has 126 valence electrons. The third-order valence-corrected chi connectivity index (χ3v) is 5.22. The molecule has 24 heavy (non-hydrogen) atoms. The molecule has 0 bridgehead atoms. The van der Waals surface area contributed by atoms with Crippen LogP contribution < -0.4 is 9.46 Å². The van der Waals surface area contributed by atoms with E-state index in [2.05, 4.69) is 4.72 Å². The van der Waals surface area contributed by atoms with Gasteiger partial charge in [0, 0.05) is 5.56 Å². The number of sulfonamides is 1. The van der Waals surface area contributed by atoms with Gasteiger partial charge in [-0.2, -0.15) is 0 Å². The lowest BCUT2D eigenvalue weighted by Gasteiger charge is -2.10. The third kappa shape index (κ3) is 3.13. The summed E-state index contributed by atoms with van der Waals surface area (Å²) >= 11 is 0. The molecule has 1 aliphatic rings. The first-order chi connectivity index (χ1) is 11.4. The van der Waals surface area contributed by atoms with E-state index in [-0.39, 0.29) is 10.5 Å². The van der Waals surface area contributed by atoms with Crippen molar-refractivity contribution in [3.8, 4) is 5.75 Å². The summed E-state index contributed by atoms with van der Waals surface area (Å²) in [5.74, 6) is -0.0860. The van der Waals surface area contributed by atoms with E-state index in [1.807, 2.05) is 0 Å². The number of hydrogen-bond acceptors (Lipinski definition) is 5. The fourth-order valence-corrected chi connectivity index (χ4v) is 3.63. The number of carbonyl (C=O) groups is 1. The van der Waals surface area contributed by atoms with Crippen LogP contribution in [0.1, 0.15) is 27.0 Å². The average molecular weight is 347 g/mol. The normalized spacial score (nSPS) is 13.4. The Hall–Kier alpha value is -2.38. The summed E-state index contributed by atoms with van der Waals surface area (Å²) in [6.07, 6.45) is 0. The third-order valence-electron chi connectivity index (χ3n) is 3.89. The van der Waals surface area contributed by atoms with Crippen LogP contribution in [0.4, 0.5) is 0 Å². The Kier molecular flexibility index (Phi) is 4.29. The highest BCUT2D eigenvalue weighted by molar-refractivity contribution is 7.90. The van der Waals surface area contributed by atoms with Crippen molar-refractivity contribution in [2.75, 3.05) is 7.11 Å². The van der Waals surface area contributed by atoms with Crippen molar-refractivity contribution < 1.29 is 22.7 Å². The van der Waals surface area contributed by atoms with Crippen LogP contribution in [0, 0.1) is 6.92 Å². The molecule has 0 saturated heterocycles. The maximum atomic E-state index is 12.4. The van der Waals surface area contributed by atoms with Gasteiger partial charge in [0.1, 0.15) is 5.75 Å². The van der Waals surface area contributed by atoms with Gasteiger partial charge in [0.15, 0.2) is 0 Å². The molecule has 0 aliphatic carbocycles. The second-order valence-corrected chi connectivity index (χ2v) is 7.22. The Bertz CT molecular complexity index is 905. The second-order valence-electron chi connectivity index (χ2n) is 5.54. The minimum absolute atomic E-state index is 0.0126. The van der Waals surface area contributed by atoms with Crippen LogP contribution in [0.2, 0.25) is 0 Å². The van der Waals surface area contributed by atoms with E-state index in [9.17, 15) is 13.2 Å². The fraction of sp³-hybridized carbons (Fsp3) is 0.235. The number of aryl methyl sites for hydroxylation is 1. The molecule has 1 aliphatic heterocycles. The number of rotatable bonds is 4. The maximum Gasteiger partial charge on any atom is 0.265 e. The molecule has 1 N–H and O–H groups in total. The number of hydrogen-bond donors (Lipinski definition) is 1. The zero-order valence-electron chi connectivity index (χ0n) is 13.3. The molecule has 0 aromatic heterocycles. The van der Waals surface area contributed by atoms with Crippen LogP contribution in [0.5, 0.6) is 5.75 Å². The largest absolute Gasteiger partial charge is 0.496 e. The number of methoxy groups -OCH3 is 1. The SMILES string of the molecule is COc1ccc(S(=O)(=O)NC(=O)c2ccc3c(c2)COC3)cc1C. The lowest BCUT2D eigenvalue weighted by Crippen LogP contribution is -2.30. The highest BCUT2D eigenvalue weighted by Crippen LogP contribution is 2.23. The number of carbonyl (C=O) groups excluding carboxylic acids is 1. The van der Waals surface area contributed by atoms with Crippen molar-refractivity contribution in [2.45, 2.75) is 25.0 Å². The van der Waals surface area contributed by atoms with Crippen LogP contribution in [-0.2, 0) is 28.0 Å². The Morgan fingerprint density at radius 1 is 1.12 bits per heavy atom. The van der Waals surface area contributed by atoms with E-state index >= 15 is 0 Å². The molecular weight excluding hydrogens is 330 g/mol. The van der Waals surface area contributed by atoms with Crippen molar-refractivity contribution in [3.63, 3.8) is 0 Å². The molecule has 7 heteroatoms. The van der Waals surface area contributed by atoms with E-state index < -0.39 is 15.9 Å². The first kappa shape index (κ1) is 16.5. The summed E-state index contributed by atoms with van der Waals surface area (Å²) < 4.78 is 37.3. The van der Waals surface area contributed by atoms with Crippen LogP contribution in [0.25, 0.3) is 0 Å². The number of fused-ring (bicyclic) bond motifs is 1. The van der Waals surface area contributed by atoms with Crippen molar-refractivity contribution in [3.05, 3.63) is 58.7 Å². The highest BCUT2D eigenvalue weighted by Gasteiger charge is 2.21. The van der Waals surface area contributed by atoms with E-state index in [1.165, 1.54) is 19.2 Å². The van der Waals surface area contributed by atoms with Gasteiger partial charge in [0.05, 0.1) is 25.2 Å². The zero-order chi connectivity index (χ0) is 17.3. The number of amides is 1. The van der Waals surface area contributed by atoms with Crippen molar-refractivity contribution in [2.24, 2.45) is 0 Å². The minimum Gasteiger partial charge on any atom is -0.496 e. The second kappa shape index (κ2) is 6.26. The average Bonchev–Trinajstić information content (AvgIpc) is 3.01. The molecular formula is C17H17NO5S. The summed E-state index contributed by atoms with van der Waals surface area (Å²) in [5.41, 5.74) is 2.87. The predicted octanol–water partition coefficient (Wildman–Crippen LogP) is 2.15. The zero-order valence-corrected chi connectivity index (χ0v) is 14.1. The summed E-state index contributed by atoms with van der Waals surface area (Å²) in [5, 5.41) is 0. The molecule has 0 fully saturated rings. The predicted molar refractivity (Wildman–Crippen MR) is 87.3 cm³/mol. The van der Waals surface area contributed by atoms with E-state index in [4.69, 9.17) is 9.47 Å². The molecule has 0 unspecified atom stereocenters. The van der Waals surface area contributed by atoms with Gasteiger partial charge in [-0.15, -0.1) is 0 Å². The summed E-state index contributed by atoms with van der Waals surface area (Å²) in [6, 6.07) is 9.45. The molecule has 2 aromatic carbocycles. The Morgan fingerprint density at radius 2 is 1.88 bits per heavy atom. The summed E-state index contributed by atoms with van der Waals surface area (Å²) in [6.45, 7) is 2.68. The smallest absolute Gasteiger partial charge is 0.265 e. The number of nitrogens with one attached hydrogen (secondary N) is 1. The monoisotopic (exact) mass is 347 g/mol. The van der Waals surface area contributed by atoms with E-state index in [0.717, 1.165) is 11.1 Å². The first-order valence-corrected chi connectivity index (χ1v) is 8.80. The molecule has 1 amide bonds. The summed E-state index contributed by atoms with van der Waals surface area (Å²) in [7, 11) is -2.45. The molecule has 3 rings (SSSR count). The van der Waals surface area contributed by atoms with Gasteiger partial charge in [0.25, 0.3) is 15.9 Å². The van der Waals surface area contributed by atoms with Gasteiger partial charge in [-0.3, -0.25) is 4.79 Å².